The minimum absolute atomic E-state index is 0.000450. The van der Waals surface area contributed by atoms with Crippen molar-refractivity contribution < 1.29 is 9.13 Å². The summed E-state index contributed by atoms with van der Waals surface area (Å²) in [4.78, 5) is 14.5. The number of ether oxygens (including phenoxy) is 1. The van der Waals surface area contributed by atoms with Crippen LogP contribution in [0, 0.1) is 5.82 Å². The van der Waals surface area contributed by atoms with Gasteiger partial charge in [-0.15, -0.1) is 0 Å². The molecule has 0 aromatic carbocycles. The first-order valence-corrected chi connectivity index (χ1v) is 8.02. The Labute approximate surface area is 136 Å². The lowest BCUT2D eigenvalue weighted by atomic mass is 10.1. The van der Waals surface area contributed by atoms with Crippen LogP contribution in [0.3, 0.4) is 0 Å². The van der Waals surface area contributed by atoms with Gasteiger partial charge in [-0.2, -0.15) is 9.97 Å². The second kappa shape index (κ2) is 5.35. The van der Waals surface area contributed by atoms with Crippen LogP contribution in [0.4, 0.5) is 10.2 Å². The molecule has 1 saturated heterocycles. The molecule has 1 unspecified atom stereocenters. The quantitative estimate of drug-likeness (QED) is 0.540. The van der Waals surface area contributed by atoms with Crippen molar-refractivity contribution in [2.75, 3.05) is 18.1 Å². The van der Waals surface area contributed by atoms with Crippen LogP contribution in [0.1, 0.15) is 25.7 Å². The van der Waals surface area contributed by atoms with Crippen molar-refractivity contribution >= 4 is 39.9 Å². The summed E-state index contributed by atoms with van der Waals surface area (Å²) >= 11 is 11.9. The lowest BCUT2D eigenvalue weighted by Crippen LogP contribution is -2.38. The van der Waals surface area contributed by atoms with E-state index >= 15 is 0 Å². The van der Waals surface area contributed by atoms with E-state index in [4.69, 9.17) is 27.9 Å². The van der Waals surface area contributed by atoms with Crippen LogP contribution in [-0.4, -0.2) is 34.1 Å². The van der Waals surface area contributed by atoms with E-state index in [1.807, 2.05) is 0 Å². The third-order valence-corrected chi connectivity index (χ3v) is 4.65. The molecule has 0 N–H and O–H groups in total. The molecule has 0 spiro atoms. The normalized spacial score (nSPS) is 21.0. The zero-order valence-electron chi connectivity index (χ0n) is 11.7. The van der Waals surface area contributed by atoms with Gasteiger partial charge in [0.2, 0.25) is 11.2 Å². The molecule has 4 heterocycles. The largest absolute Gasteiger partial charge is 0.475 e. The number of rotatable bonds is 0. The molecule has 0 saturated carbocycles. The third-order valence-electron chi connectivity index (χ3n) is 4.23. The van der Waals surface area contributed by atoms with Crippen molar-refractivity contribution in [2.45, 2.75) is 31.7 Å². The van der Waals surface area contributed by atoms with Gasteiger partial charge in [-0.1, -0.05) is 24.4 Å². The van der Waals surface area contributed by atoms with Gasteiger partial charge in [-0.25, -0.2) is 9.37 Å². The number of aromatic nitrogens is 3. The smallest absolute Gasteiger partial charge is 0.228 e. The van der Waals surface area contributed by atoms with Crippen LogP contribution in [0.5, 0.6) is 5.88 Å². The minimum atomic E-state index is -0.692. The maximum Gasteiger partial charge on any atom is 0.228 e. The lowest BCUT2D eigenvalue weighted by molar-refractivity contribution is 0.274. The highest BCUT2D eigenvalue weighted by molar-refractivity contribution is 6.31. The van der Waals surface area contributed by atoms with Crippen molar-refractivity contribution in [1.29, 1.82) is 0 Å². The summed E-state index contributed by atoms with van der Waals surface area (Å²) in [5, 5.41) is 0.190. The average molecular weight is 343 g/mol. The molecule has 22 heavy (non-hydrogen) atoms. The molecule has 0 radical (unpaired) electrons. The van der Waals surface area contributed by atoms with Crippen molar-refractivity contribution in [3.63, 3.8) is 0 Å². The van der Waals surface area contributed by atoms with Gasteiger partial charge in [-0.3, -0.25) is 0 Å². The Morgan fingerprint density at radius 2 is 2.00 bits per heavy atom. The fourth-order valence-electron chi connectivity index (χ4n) is 3.19. The van der Waals surface area contributed by atoms with E-state index in [0.29, 0.717) is 17.8 Å². The van der Waals surface area contributed by atoms with Crippen LogP contribution in [-0.2, 0) is 0 Å². The van der Waals surface area contributed by atoms with E-state index in [-0.39, 0.29) is 27.9 Å². The first-order valence-electron chi connectivity index (χ1n) is 7.27. The van der Waals surface area contributed by atoms with Gasteiger partial charge in [0.05, 0.1) is 6.04 Å². The molecule has 0 amide bonds. The Hall–Kier alpha value is -1.40. The van der Waals surface area contributed by atoms with Crippen LogP contribution in [0.2, 0.25) is 10.4 Å². The number of halogens is 3. The van der Waals surface area contributed by atoms with E-state index < -0.39 is 5.82 Å². The van der Waals surface area contributed by atoms with Gasteiger partial charge in [0.1, 0.15) is 23.3 Å². The van der Waals surface area contributed by atoms with Gasteiger partial charge in [0, 0.05) is 6.54 Å². The van der Waals surface area contributed by atoms with Gasteiger partial charge in [-0.05, 0) is 24.4 Å². The molecular formula is C14H13Cl2FN4O. The van der Waals surface area contributed by atoms with Crippen LogP contribution < -0.4 is 9.64 Å². The number of hydrogen-bond donors (Lipinski definition) is 0. The van der Waals surface area contributed by atoms with E-state index in [0.717, 1.165) is 32.2 Å². The van der Waals surface area contributed by atoms with Gasteiger partial charge in [0.25, 0.3) is 0 Å². The molecule has 5 nitrogen and oxygen atoms in total. The summed E-state index contributed by atoms with van der Waals surface area (Å²) < 4.78 is 20.1. The number of nitrogens with zero attached hydrogens (tertiary/aromatic N) is 4. The predicted octanol–water partition coefficient (Wildman–Crippen LogP) is 3.61. The van der Waals surface area contributed by atoms with Crippen molar-refractivity contribution in [3.8, 4) is 5.88 Å². The van der Waals surface area contributed by atoms with Gasteiger partial charge < -0.3 is 9.64 Å². The lowest BCUT2D eigenvalue weighted by Gasteiger charge is -2.28. The van der Waals surface area contributed by atoms with E-state index in [9.17, 15) is 4.39 Å². The highest BCUT2D eigenvalue weighted by Crippen LogP contribution is 2.39. The molecular weight excluding hydrogens is 330 g/mol. The number of anilines is 1. The number of pyridine rings is 1. The zero-order valence-corrected chi connectivity index (χ0v) is 13.2. The highest BCUT2D eigenvalue weighted by Gasteiger charge is 2.32. The summed E-state index contributed by atoms with van der Waals surface area (Å²) in [6.07, 6.45) is 4.34. The SMILES string of the molecule is Fc1c(Cl)nc2c3c(nc(Cl)nc13)N1CCCCCC1CO2. The van der Waals surface area contributed by atoms with E-state index in [1.165, 1.54) is 0 Å². The fourth-order valence-corrected chi connectivity index (χ4v) is 3.52. The van der Waals surface area contributed by atoms with Gasteiger partial charge in [0.15, 0.2) is 11.0 Å². The Morgan fingerprint density at radius 3 is 2.86 bits per heavy atom. The summed E-state index contributed by atoms with van der Waals surface area (Å²) in [6, 6.07) is 0.174. The number of fused-ring (bicyclic) bond motifs is 2. The first-order chi connectivity index (χ1) is 10.6. The second-order valence-electron chi connectivity index (χ2n) is 5.57. The summed E-state index contributed by atoms with van der Waals surface area (Å²) in [7, 11) is 0. The second-order valence-corrected chi connectivity index (χ2v) is 6.27. The molecule has 2 aliphatic rings. The topological polar surface area (TPSA) is 51.1 Å². The van der Waals surface area contributed by atoms with Crippen molar-refractivity contribution in [2.24, 2.45) is 0 Å². The maximum absolute atomic E-state index is 14.3. The summed E-state index contributed by atoms with van der Waals surface area (Å²) in [5.41, 5.74) is 0.0647. The molecule has 0 aliphatic carbocycles. The Bertz CT molecular complexity index is 757. The van der Waals surface area contributed by atoms with Crippen LogP contribution in [0.25, 0.3) is 10.9 Å². The Morgan fingerprint density at radius 1 is 1.14 bits per heavy atom. The molecule has 2 aromatic heterocycles. The monoisotopic (exact) mass is 342 g/mol. The zero-order chi connectivity index (χ0) is 15.3. The third kappa shape index (κ3) is 2.16. The Balaban J connectivity index is 2.02. The molecule has 8 heteroatoms. The van der Waals surface area contributed by atoms with Crippen molar-refractivity contribution in [3.05, 3.63) is 16.3 Å². The van der Waals surface area contributed by atoms with Crippen molar-refractivity contribution in [1.82, 2.24) is 15.0 Å². The van der Waals surface area contributed by atoms with Gasteiger partial charge >= 0.3 is 0 Å². The molecule has 4 rings (SSSR count). The average Bonchev–Trinajstić information content (AvgIpc) is 2.80. The summed E-state index contributed by atoms with van der Waals surface area (Å²) in [5.74, 6) is 0.182. The first kappa shape index (κ1) is 14.2. The maximum atomic E-state index is 14.3. The van der Waals surface area contributed by atoms with E-state index in [1.54, 1.807) is 0 Å². The van der Waals surface area contributed by atoms with E-state index in [2.05, 4.69) is 19.9 Å². The molecule has 116 valence electrons. The minimum Gasteiger partial charge on any atom is -0.475 e. The fraction of sp³-hybridized carbons (Fsp3) is 0.500. The number of hydrogen-bond acceptors (Lipinski definition) is 5. The molecule has 2 aliphatic heterocycles. The molecule has 1 atom stereocenters. The van der Waals surface area contributed by atoms with Crippen LogP contribution >= 0.6 is 23.2 Å². The molecule has 2 aromatic rings. The van der Waals surface area contributed by atoms with Crippen LogP contribution in [0.15, 0.2) is 0 Å². The molecule has 0 bridgehead atoms. The molecule has 1 fully saturated rings. The standard InChI is InChI=1S/C14H13Cl2FN4O/c15-11-9(17)10-8-12(20-14(16)18-10)21-5-3-1-2-4-7(21)6-22-13(8)19-11/h7H,1-6H2. The highest BCUT2D eigenvalue weighted by atomic mass is 35.5. The summed E-state index contributed by atoms with van der Waals surface area (Å²) in [6.45, 7) is 1.30. The predicted molar refractivity (Wildman–Crippen MR) is 82.4 cm³/mol. The Kier molecular flexibility index (Phi) is 3.46.